The summed E-state index contributed by atoms with van der Waals surface area (Å²) in [7, 11) is -3.74. The lowest BCUT2D eigenvalue weighted by Crippen LogP contribution is -2.62. The lowest BCUT2D eigenvalue weighted by molar-refractivity contribution is -0.150. The second kappa shape index (κ2) is 9.02. The van der Waals surface area contributed by atoms with Gasteiger partial charge < -0.3 is 20.5 Å². The van der Waals surface area contributed by atoms with Crippen LogP contribution in [0.5, 0.6) is 0 Å². The molecule has 0 bridgehead atoms. The molecule has 2 aliphatic rings. The molecule has 3 heterocycles. The minimum absolute atomic E-state index is 0.122. The van der Waals surface area contributed by atoms with Crippen molar-refractivity contribution in [2.24, 2.45) is 0 Å². The summed E-state index contributed by atoms with van der Waals surface area (Å²) in [6.45, 7) is 4.78. The van der Waals surface area contributed by atoms with Gasteiger partial charge in [-0.25, -0.2) is 8.42 Å². The molecule has 4 atom stereocenters. The highest BCUT2D eigenvalue weighted by atomic mass is 32.2. The maximum Gasteiger partial charge on any atom is 0.245 e. The molecule has 3 aromatic rings. The van der Waals surface area contributed by atoms with E-state index in [9.17, 15) is 22.8 Å². The van der Waals surface area contributed by atoms with E-state index in [4.69, 9.17) is 0 Å². The van der Waals surface area contributed by atoms with E-state index in [-0.39, 0.29) is 24.8 Å². The highest BCUT2D eigenvalue weighted by molar-refractivity contribution is 7.93. The summed E-state index contributed by atoms with van der Waals surface area (Å²) < 4.78 is 24.5. The average Bonchev–Trinajstić information content (AvgIpc) is 3.32. The zero-order valence-electron chi connectivity index (χ0n) is 20.9. The first kappa shape index (κ1) is 25.0. The van der Waals surface area contributed by atoms with Gasteiger partial charge in [-0.2, -0.15) is 0 Å². The molecule has 0 spiro atoms. The summed E-state index contributed by atoms with van der Waals surface area (Å²) in [5, 5.41) is 5.69. The van der Waals surface area contributed by atoms with Crippen LogP contribution in [-0.4, -0.2) is 58.2 Å². The van der Waals surface area contributed by atoms with Crippen LogP contribution >= 0.6 is 0 Å². The van der Waals surface area contributed by atoms with Crippen LogP contribution in [0.2, 0.25) is 0 Å². The smallest absolute Gasteiger partial charge is 0.245 e. The molecule has 37 heavy (non-hydrogen) atoms. The first-order chi connectivity index (χ1) is 17.5. The number of sulfone groups is 1. The van der Waals surface area contributed by atoms with Crippen LogP contribution in [0.1, 0.15) is 44.4 Å². The Morgan fingerprint density at radius 1 is 1.08 bits per heavy atom. The van der Waals surface area contributed by atoms with E-state index in [1.54, 1.807) is 6.20 Å². The molecule has 5 rings (SSSR count). The van der Waals surface area contributed by atoms with Crippen molar-refractivity contribution in [2.75, 3.05) is 0 Å². The van der Waals surface area contributed by atoms with Crippen LogP contribution in [-0.2, 0) is 30.6 Å². The van der Waals surface area contributed by atoms with Gasteiger partial charge in [-0.05, 0) is 38.0 Å². The number of fused-ring (bicyclic) bond motifs is 2. The first-order valence-corrected chi connectivity index (χ1v) is 13.8. The molecular formula is C27H30N4O5S. The van der Waals surface area contributed by atoms with Crippen molar-refractivity contribution in [1.82, 2.24) is 20.5 Å². The maximum atomic E-state index is 13.6. The van der Waals surface area contributed by atoms with Crippen LogP contribution in [0.15, 0.2) is 60.8 Å². The fourth-order valence-corrected chi connectivity index (χ4v) is 7.51. The molecule has 9 nitrogen and oxygen atoms in total. The van der Waals surface area contributed by atoms with Crippen molar-refractivity contribution >= 4 is 38.5 Å². The largest absolute Gasteiger partial charge is 0.361 e. The second-order valence-electron chi connectivity index (χ2n) is 10.3. The quantitative estimate of drug-likeness (QED) is 0.410. The number of aromatic nitrogens is 1. The van der Waals surface area contributed by atoms with Gasteiger partial charge in [0.25, 0.3) is 0 Å². The fraction of sp³-hybridized carbons (Fsp3) is 0.370. The van der Waals surface area contributed by atoms with Gasteiger partial charge in [0.2, 0.25) is 17.7 Å². The third kappa shape index (κ3) is 4.09. The van der Waals surface area contributed by atoms with Gasteiger partial charge in [0.15, 0.2) is 9.84 Å². The molecule has 0 saturated carbocycles. The van der Waals surface area contributed by atoms with Crippen LogP contribution < -0.4 is 10.6 Å². The number of para-hydroxylation sites is 1. The minimum Gasteiger partial charge on any atom is -0.361 e. The molecule has 10 heteroatoms. The van der Waals surface area contributed by atoms with Gasteiger partial charge in [0.1, 0.15) is 17.5 Å². The number of hydrogen-bond acceptors (Lipinski definition) is 5. The Hall–Kier alpha value is -3.66. The Kier molecular flexibility index (Phi) is 6.10. The van der Waals surface area contributed by atoms with Crippen molar-refractivity contribution in [3.63, 3.8) is 0 Å². The summed E-state index contributed by atoms with van der Waals surface area (Å²) in [5.41, 5.74) is 2.64. The van der Waals surface area contributed by atoms with E-state index >= 15 is 0 Å². The maximum absolute atomic E-state index is 13.6. The number of carbonyl (C=O) groups excluding carboxylic acids is 3. The molecule has 2 aliphatic heterocycles. The molecule has 0 radical (unpaired) electrons. The van der Waals surface area contributed by atoms with Gasteiger partial charge >= 0.3 is 0 Å². The third-order valence-electron chi connectivity index (χ3n) is 7.61. The van der Waals surface area contributed by atoms with Crippen molar-refractivity contribution in [1.29, 1.82) is 0 Å². The standard InChI is InChI=1S/C27H30N4O5S/c1-16(17-9-5-4-6-10-17)29-25(33)21(13-18-15-28-20-12-8-7-11-19(18)20)30-26(34)24-27(2,3)37(35,36)23-14-22(32)31(23)24/h4-12,15-16,21,23-24,28H,13-14H2,1-3H3,(H,29,33)(H,30,34)/t16-,21+,23-,24-/m1/s1. The summed E-state index contributed by atoms with van der Waals surface area (Å²) in [6, 6.07) is 14.6. The van der Waals surface area contributed by atoms with Gasteiger partial charge in [-0.15, -0.1) is 0 Å². The minimum atomic E-state index is -3.74. The first-order valence-electron chi connectivity index (χ1n) is 12.3. The Morgan fingerprint density at radius 3 is 2.46 bits per heavy atom. The van der Waals surface area contributed by atoms with Gasteiger partial charge in [0.05, 0.1) is 17.2 Å². The van der Waals surface area contributed by atoms with Crippen LogP contribution in [0, 0.1) is 0 Å². The number of rotatable bonds is 7. The number of hydrogen-bond donors (Lipinski definition) is 3. The summed E-state index contributed by atoms with van der Waals surface area (Å²) >= 11 is 0. The molecule has 2 saturated heterocycles. The van der Waals surface area contributed by atoms with E-state index in [2.05, 4.69) is 15.6 Å². The number of aromatic amines is 1. The van der Waals surface area contributed by atoms with Gasteiger partial charge in [-0.1, -0.05) is 48.5 Å². The van der Waals surface area contributed by atoms with E-state index in [1.165, 1.54) is 13.8 Å². The molecule has 2 aromatic carbocycles. The normalized spacial score (nSPS) is 23.1. The number of β-lactam (4-membered cyclic amide) rings is 1. The number of carbonyl (C=O) groups is 3. The van der Waals surface area contributed by atoms with E-state index in [0.29, 0.717) is 0 Å². The van der Waals surface area contributed by atoms with Gasteiger partial charge in [-0.3, -0.25) is 14.4 Å². The summed E-state index contributed by atoms with van der Waals surface area (Å²) in [4.78, 5) is 43.8. The van der Waals surface area contributed by atoms with Crippen molar-refractivity contribution < 1.29 is 22.8 Å². The van der Waals surface area contributed by atoms with Crippen molar-refractivity contribution in [2.45, 2.75) is 61.9 Å². The summed E-state index contributed by atoms with van der Waals surface area (Å²) in [6.07, 6.45) is 1.86. The predicted molar refractivity (Wildman–Crippen MR) is 139 cm³/mol. The van der Waals surface area contributed by atoms with Gasteiger partial charge in [0, 0.05) is 23.5 Å². The van der Waals surface area contributed by atoms with E-state index in [1.807, 2.05) is 61.5 Å². The lowest BCUT2D eigenvalue weighted by atomic mass is 9.96. The van der Waals surface area contributed by atoms with Crippen molar-refractivity contribution in [3.05, 3.63) is 71.9 Å². The fourth-order valence-electron chi connectivity index (χ4n) is 5.37. The molecule has 0 unspecified atom stereocenters. The average molecular weight is 523 g/mol. The topological polar surface area (TPSA) is 128 Å². The SMILES string of the molecule is C[C@@H](NC(=O)[C@H](Cc1c[nH]c2ccccc12)NC(=O)[C@H]1N2C(=O)C[C@H]2S(=O)(=O)C1(C)C)c1ccccc1. The lowest BCUT2D eigenvalue weighted by Gasteiger charge is -2.37. The summed E-state index contributed by atoms with van der Waals surface area (Å²) in [5.74, 6) is -1.44. The van der Waals surface area contributed by atoms with Crippen molar-refractivity contribution in [3.8, 4) is 0 Å². The van der Waals surface area contributed by atoms with Crippen LogP contribution in [0.3, 0.4) is 0 Å². The monoisotopic (exact) mass is 522 g/mol. The molecule has 0 aliphatic carbocycles. The molecule has 1 aromatic heterocycles. The number of nitrogens with one attached hydrogen (secondary N) is 3. The number of amides is 3. The Morgan fingerprint density at radius 2 is 1.76 bits per heavy atom. The number of benzene rings is 2. The van der Waals surface area contributed by atoms with E-state index < -0.39 is 43.9 Å². The Labute approximate surface area is 215 Å². The molecule has 3 amide bonds. The zero-order chi connectivity index (χ0) is 26.5. The number of H-pyrrole nitrogens is 1. The third-order valence-corrected chi connectivity index (χ3v) is 10.4. The Balaban J connectivity index is 1.43. The molecule has 194 valence electrons. The number of nitrogens with zero attached hydrogens (tertiary/aromatic N) is 1. The highest BCUT2D eigenvalue weighted by Crippen LogP contribution is 2.45. The van der Waals surface area contributed by atoms with Crippen LogP contribution in [0.4, 0.5) is 0 Å². The molecular weight excluding hydrogens is 492 g/mol. The van der Waals surface area contributed by atoms with E-state index in [0.717, 1.165) is 26.9 Å². The van der Waals surface area contributed by atoms with Crippen LogP contribution in [0.25, 0.3) is 10.9 Å². The molecule has 2 fully saturated rings. The Bertz CT molecular complexity index is 1480. The zero-order valence-corrected chi connectivity index (χ0v) is 21.7. The highest BCUT2D eigenvalue weighted by Gasteiger charge is 2.67. The second-order valence-corrected chi connectivity index (χ2v) is 13.0. The predicted octanol–water partition coefficient (Wildman–Crippen LogP) is 2.21. The molecule has 3 N–H and O–H groups in total.